The van der Waals surface area contributed by atoms with Crippen LogP contribution in [0, 0.1) is 0 Å². The average molecular weight is 427 g/mol. The van der Waals surface area contributed by atoms with Gasteiger partial charge >= 0.3 is 0 Å². The maximum absolute atomic E-state index is 13.1. The monoisotopic (exact) mass is 426 g/mol. The molecule has 1 aliphatic rings. The SMILES string of the molecule is C[C@@H]1Cc2cc(C(=O)Nc3ccc(Cl)cc3)ccc2N1S(=O)(=O)c1ccccc1. The van der Waals surface area contributed by atoms with E-state index in [1.54, 1.807) is 72.8 Å². The number of nitrogens with one attached hydrogen (secondary N) is 1. The van der Waals surface area contributed by atoms with Crippen LogP contribution in [-0.2, 0) is 16.4 Å². The molecule has 148 valence electrons. The molecule has 1 amide bonds. The number of rotatable bonds is 4. The average Bonchev–Trinajstić information content (AvgIpc) is 3.06. The molecule has 0 aliphatic carbocycles. The summed E-state index contributed by atoms with van der Waals surface area (Å²) >= 11 is 5.87. The second kappa shape index (κ2) is 7.54. The first-order valence-corrected chi connectivity index (χ1v) is 11.0. The van der Waals surface area contributed by atoms with Crippen LogP contribution < -0.4 is 9.62 Å². The molecule has 0 aromatic heterocycles. The lowest BCUT2D eigenvalue weighted by molar-refractivity contribution is 0.102. The smallest absolute Gasteiger partial charge is 0.264 e. The molecule has 0 saturated heterocycles. The Kier molecular flexibility index (Phi) is 5.06. The normalized spacial score (nSPS) is 15.8. The fourth-order valence-electron chi connectivity index (χ4n) is 3.55. The van der Waals surface area contributed by atoms with Crippen molar-refractivity contribution in [1.29, 1.82) is 0 Å². The lowest BCUT2D eigenvalue weighted by atomic mass is 10.1. The predicted molar refractivity (Wildman–Crippen MR) is 115 cm³/mol. The van der Waals surface area contributed by atoms with Crippen molar-refractivity contribution in [3.05, 3.63) is 88.9 Å². The molecular weight excluding hydrogens is 408 g/mol. The topological polar surface area (TPSA) is 66.5 Å². The highest BCUT2D eigenvalue weighted by atomic mass is 35.5. The van der Waals surface area contributed by atoms with E-state index in [1.165, 1.54) is 4.31 Å². The van der Waals surface area contributed by atoms with Gasteiger partial charge in [0.2, 0.25) is 0 Å². The maximum atomic E-state index is 13.1. The van der Waals surface area contributed by atoms with Gasteiger partial charge in [-0.25, -0.2) is 8.42 Å². The van der Waals surface area contributed by atoms with Gasteiger partial charge in [0.25, 0.3) is 15.9 Å². The van der Waals surface area contributed by atoms with E-state index in [0.29, 0.717) is 28.4 Å². The number of benzene rings is 3. The molecule has 0 saturated carbocycles. The molecule has 7 heteroatoms. The van der Waals surface area contributed by atoms with E-state index >= 15 is 0 Å². The molecule has 3 aromatic carbocycles. The van der Waals surface area contributed by atoms with Crippen LogP contribution in [0.4, 0.5) is 11.4 Å². The molecular formula is C22H19ClN2O3S. The van der Waals surface area contributed by atoms with Crippen LogP contribution in [0.2, 0.25) is 5.02 Å². The second-order valence-electron chi connectivity index (χ2n) is 6.97. The molecule has 1 atom stereocenters. The minimum Gasteiger partial charge on any atom is -0.322 e. The van der Waals surface area contributed by atoms with Crippen LogP contribution in [0.15, 0.2) is 77.7 Å². The highest BCUT2D eigenvalue weighted by molar-refractivity contribution is 7.92. The van der Waals surface area contributed by atoms with E-state index in [1.807, 2.05) is 6.92 Å². The number of hydrogen-bond donors (Lipinski definition) is 1. The first-order chi connectivity index (χ1) is 13.9. The molecule has 1 N–H and O–H groups in total. The Morgan fingerprint density at radius 2 is 1.72 bits per heavy atom. The molecule has 0 fully saturated rings. The summed E-state index contributed by atoms with van der Waals surface area (Å²) in [6.45, 7) is 1.87. The third-order valence-corrected chi connectivity index (χ3v) is 7.09. The van der Waals surface area contributed by atoms with Gasteiger partial charge in [-0.3, -0.25) is 9.10 Å². The molecule has 0 spiro atoms. The van der Waals surface area contributed by atoms with Gasteiger partial charge in [-0.2, -0.15) is 0 Å². The Balaban J connectivity index is 1.62. The zero-order chi connectivity index (χ0) is 20.6. The zero-order valence-electron chi connectivity index (χ0n) is 15.7. The molecule has 1 heterocycles. The van der Waals surface area contributed by atoms with E-state index in [0.717, 1.165) is 5.56 Å². The summed E-state index contributed by atoms with van der Waals surface area (Å²) in [6, 6.07) is 20.1. The summed E-state index contributed by atoms with van der Waals surface area (Å²) in [5, 5.41) is 3.42. The third-order valence-electron chi connectivity index (χ3n) is 4.90. The molecule has 4 rings (SSSR count). The predicted octanol–water partition coefficient (Wildman–Crippen LogP) is 4.73. The van der Waals surface area contributed by atoms with Crippen LogP contribution in [-0.4, -0.2) is 20.4 Å². The van der Waals surface area contributed by atoms with Crippen molar-refractivity contribution < 1.29 is 13.2 Å². The summed E-state index contributed by atoms with van der Waals surface area (Å²) in [4.78, 5) is 12.9. The lowest BCUT2D eigenvalue weighted by Crippen LogP contribution is -2.35. The Morgan fingerprint density at radius 3 is 2.41 bits per heavy atom. The number of halogens is 1. The number of carbonyl (C=O) groups is 1. The Bertz CT molecular complexity index is 1160. The summed E-state index contributed by atoms with van der Waals surface area (Å²) in [7, 11) is -3.67. The van der Waals surface area contributed by atoms with Crippen molar-refractivity contribution in [2.24, 2.45) is 0 Å². The fourth-order valence-corrected chi connectivity index (χ4v) is 5.39. The molecule has 29 heavy (non-hydrogen) atoms. The van der Waals surface area contributed by atoms with Crippen LogP contribution in [0.1, 0.15) is 22.8 Å². The molecule has 5 nitrogen and oxygen atoms in total. The Hall–Kier alpha value is -2.83. The number of carbonyl (C=O) groups excluding carboxylic acids is 1. The van der Waals surface area contributed by atoms with Crippen molar-refractivity contribution in [1.82, 2.24) is 0 Å². The summed E-state index contributed by atoms with van der Waals surface area (Å²) in [6.07, 6.45) is 0.545. The number of fused-ring (bicyclic) bond motifs is 1. The van der Waals surface area contributed by atoms with Crippen LogP contribution >= 0.6 is 11.6 Å². The molecule has 0 radical (unpaired) electrons. The lowest BCUT2D eigenvalue weighted by Gasteiger charge is -2.24. The first-order valence-electron chi connectivity index (χ1n) is 9.15. The fraction of sp³-hybridized carbons (Fsp3) is 0.136. The number of hydrogen-bond acceptors (Lipinski definition) is 3. The number of anilines is 2. The van der Waals surface area contributed by atoms with Gasteiger partial charge in [0.1, 0.15) is 0 Å². The minimum absolute atomic E-state index is 0.232. The van der Waals surface area contributed by atoms with E-state index in [-0.39, 0.29) is 16.8 Å². The van der Waals surface area contributed by atoms with Crippen LogP contribution in [0.5, 0.6) is 0 Å². The largest absolute Gasteiger partial charge is 0.322 e. The van der Waals surface area contributed by atoms with E-state index in [4.69, 9.17) is 11.6 Å². The van der Waals surface area contributed by atoms with Gasteiger partial charge in [-0.15, -0.1) is 0 Å². The van der Waals surface area contributed by atoms with Gasteiger partial charge in [0, 0.05) is 22.3 Å². The van der Waals surface area contributed by atoms with Gasteiger partial charge in [-0.1, -0.05) is 29.8 Å². The molecule has 3 aromatic rings. The molecule has 0 unspecified atom stereocenters. The number of amides is 1. The molecule has 1 aliphatic heterocycles. The highest BCUT2D eigenvalue weighted by Crippen LogP contribution is 2.37. The van der Waals surface area contributed by atoms with Crippen molar-refractivity contribution in [3.8, 4) is 0 Å². The van der Waals surface area contributed by atoms with Crippen LogP contribution in [0.25, 0.3) is 0 Å². The standard InChI is InChI=1S/C22H19ClN2O3S/c1-15-13-17-14-16(22(26)24-19-10-8-18(23)9-11-19)7-12-21(17)25(15)29(27,28)20-5-3-2-4-6-20/h2-12,14-15H,13H2,1H3,(H,24,26)/t15-/m1/s1. The van der Waals surface area contributed by atoms with Crippen molar-refractivity contribution >= 4 is 38.9 Å². The summed E-state index contributed by atoms with van der Waals surface area (Å²) in [5.41, 5.74) is 2.57. The van der Waals surface area contributed by atoms with Crippen molar-refractivity contribution in [2.45, 2.75) is 24.3 Å². The van der Waals surface area contributed by atoms with Gasteiger partial charge in [0.15, 0.2) is 0 Å². The van der Waals surface area contributed by atoms with E-state index in [2.05, 4.69) is 5.32 Å². The first kappa shape index (κ1) is 19.5. The maximum Gasteiger partial charge on any atom is 0.264 e. The van der Waals surface area contributed by atoms with Gasteiger partial charge in [-0.05, 0) is 73.5 Å². The van der Waals surface area contributed by atoms with Crippen LogP contribution in [0.3, 0.4) is 0 Å². The summed E-state index contributed by atoms with van der Waals surface area (Å²) in [5.74, 6) is -0.257. The summed E-state index contributed by atoms with van der Waals surface area (Å²) < 4.78 is 27.7. The number of sulfonamides is 1. The van der Waals surface area contributed by atoms with E-state index in [9.17, 15) is 13.2 Å². The highest BCUT2D eigenvalue weighted by Gasteiger charge is 2.36. The second-order valence-corrected chi connectivity index (χ2v) is 9.22. The quantitative estimate of drug-likeness (QED) is 0.655. The van der Waals surface area contributed by atoms with Crippen molar-refractivity contribution in [3.63, 3.8) is 0 Å². The van der Waals surface area contributed by atoms with Gasteiger partial charge in [0.05, 0.1) is 10.6 Å². The zero-order valence-corrected chi connectivity index (χ0v) is 17.2. The molecule has 0 bridgehead atoms. The van der Waals surface area contributed by atoms with Crippen molar-refractivity contribution in [2.75, 3.05) is 9.62 Å². The Labute approximate surface area is 175 Å². The van der Waals surface area contributed by atoms with Gasteiger partial charge < -0.3 is 5.32 Å². The third kappa shape index (κ3) is 3.73. The number of nitrogens with zero attached hydrogens (tertiary/aromatic N) is 1. The minimum atomic E-state index is -3.67. The van der Waals surface area contributed by atoms with E-state index < -0.39 is 10.0 Å². The Morgan fingerprint density at radius 1 is 1.03 bits per heavy atom.